The Hall–Kier alpha value is 0.380. The number of hydrogen-bond acceptors (Lipinski definition) is 10. The van der Waals surface area contributed by atoms with E-state index in [4.69, 9.17) is 28.4 Å². The second-order valence-corrected chi connectivity index (χ2v) is 8.36. The van der Waals surface area contributed by atoms with E-state index in [0.717, 1.165) is 11.5 Å². The first-order valence-electron chi connectivity index (χ1n) is 9.77. The zero-order valence-electron chi connectivity index (χ0n) is 16.6. The predicted molar refractivity (Wildman–Crippen MR) is 112 cm³/mol. The first-order chi connectivity index (χ1) is 13.8. The quantitative estimate of drug-likeness (QED) is 0.543. The van der Waals surface area contributed by atoms with E-state index in [0.29, 0.717) is 90.8 Å². The van der Waals surface area contributed by atoms with Gasteiger partial charge in [-0.05, 0) is 0 Å². The summed E-state index contributed by atoms with van der Waals surface area (Å²) in [5.41, 5.74) is 0. The van der Waals surface area contributed by atoms with E-state index in [9.17, 15) is 10.2 Å². The lowest BCUT2D eigenvalue weighted by Crippen LogP contribution is -2.21. The van der Waals surface area contributed by atoms with Gasteiger partial charge < -0.3 is 38.6 Å². The Morgan fingerprint density at radius 2 is 0.786 bits per heavy atom. The highest BCUT2D eigenvalue weighted by molar-refractivity contribution is 7.99. The molecule has 0 aromatic heterocycles. The van der Waals surface area contributed by atoms with Gasteiger partial charge in [0.2, 0.25) is 0 Å². The topological polar surface area (TPSA) is 95.8 Å². The molecule has 0 saturated carbocycles. The van der Waals surface area contributed by atoms with Crippen LogP contribution in [0.15, 0.2) is 0 Å². The summed E-state index contributed by atoms with van der Waals surface area (Å²) in [5.74, 6) is 2.91. The van der Waals surface area contributed by atoms with Gasteiger partial charge in [-0.15, -0.1) is 0 Å². The van der Waals surface area contributed by atoms with E-state index >= 15 is 0 Å². The Morgan fingerprint density at radius 3 is 1.18 bits per heavy atom. The largest absolute Gasteiger partial charge is 0.390 e. The van der Waals surface area contributed by atoms with Crippen molar-refractivity contribution < 1.29 is 38.6 Å². The molecule has 10 heteroatoms. The standard InChI is InChI=1S/C18H36O8S2/c19-17-13-25-7-5-21-1-2-22-6-8-26-14-18(20)16-28-12-10-24-4-3-23-9-11-27-15-17/h17-20H,1-16H2/t17-,18+. The molecule has 0 aromatic rings. The van der Waals surface area contributed by atoms with Gasteiger partial charge in [-0.1, -0.05) is 0 Å². The Kier molecular flexibility index (Phi) is 19.5. The monoisotopic (exact) mass is 444 g/mol. The fourth-order valence-corrected chi connectivity index (χ4v) is 3.63. The second kappa shape index (κ2) is 20.6. The average molecular weight is 445 g/mol. The second-order valence-electron chi connectivity index (χ2n) is 6.06. The van der Waals surface area contributed by atoms with E-state index < -0.39 is 12.2 Å². The van der Waals surface area contributed by atoms with Crippen molar-refractivity contribution in [3.8, 4) is 0 Å². The molecule has 1 saturated heterocycles. The minimum atomic E-state index is -0.480. The molecule has 0 amide bonds. The van der Waals surface area contributed by atoms with Crippen LogP contribution in [-0.2, 0) is 28.4 Å². The van der Waals surface area contributed by atoms with E-state index in [1.54, 1.807) is 23.5 Å². The molecule has 1 aliphatic heterocycles. The summed E-state index contributed by atoms with van der Waals surface area (Å²) in [6.07, 6.45) is -0.961. The van der Waals surface area contributed by atoms with Crippen LogP contribution in [0.2, 0.25) is 0 Å². The molecule has 8 nitrogen and oxygen atoms in total. The molecule has 1 heterocycles. The summed E-state index contributed by atoms with van der Waals surface area (Å²) in [7, 11) is 0. The van der Waals surface area contributed by atoms with Crippen LogP contribution in [0, 0.1) is 0 Å². The molecule has 28 heavy (non-hydrogen) atoms. The van der Waals surface area contributed by atoms with Crippen LogP contribution in [0.1, 0.15) is 0 Å². The lowest BCUT2D eigenvalue weighted by atomic mass is 10.4. The highest BCUT2D eigenvalue weighted by atomic mass is 32.2. The first kappa shape index (κ1) is 26.4. The van der Waals surface area contributed by atoms with Crippen LogP contribution in [0.25, 0.3) is 0 Å². The summed E-state index contributed by atoms with van der Waals surface area (Å²) in [4.78, 5) is 0. The number of thioether (sulfide) groups is 2. The number of aliphatic hydroxyl groups is 2. The summed E-state index contributed by atoms with van der Waals surface area (Å²) >= 11 is 3.29. The van der Waals surface area contributed by atoms with Gasteiger partial charge in [-0.2, -0.15) is 23.5 Å². The number of aliphatic hydroxyl groups excluding tert-OH is 2. The molecular weight excluding hydrogens is 408 g/mol. The van der Waals surface area contributed by atoms with Crippen molar-refractivity contribution in [2.75, 3.05) is 102 Å². The molecule has 1 aliphatic rings. The molecule has 168 valence electrons. The fraction of sp³-hybridized carbons (Fsp3) is 1.00. The summed E-state index contributed by atoms with van der Waals surface area (Å²) in [5, 5.41) is 19.7. The Bertz CT molecular complexity index is 270. The van der Waals surface area contributed by atoms with Gasteiger partial charge in [-0.3, -0.25) is 0 Å². The molecular formula is C18H36O8S2. The normalized spacial score (nSPS) is 28.5. The Labute approximate surface area is 176 Å². The zero-order chi connectivity index (χ0) is 20.1. The highest BCUT2D eigenvalue weighted by Gasteiger charge is 2.06. The van der Waals surface area contributed by atoms with E-state index in [1.165, 1.54) is 0 Å². The van der Waals surface area contributed by atoms with Gasteiger partial charge in [0, 0.05) is 23.0 Å². The molecule has 2 N–H and O–H groups in total. The molecule has 1 fully saturated rings. The SMILES string of the molecule is O[C@@H]1COCCOCCOCCOC[C@H](O)CSCCOCCOCCSC1. The third-order valence-electron chi connectivity index (χ3n) is 3.47. The maximum Gasteiger partial charge on any atom is 0.0863 e. The van der Waals surface area contributed by atoms with Crippen LogP contribution in [0.5, 0.6) is 0 Å². The van der Waals surface area contributed by atoms with Gasteiger partial charge >= 0.3 is 0 Å². The predicted octanol–water partition coefficient (Wildman–Crippen LogP) is 0.288. The van der Waals surface area contributed by atoms with E-state index in [1.807, 2.05) is 0 Å². The average Bonchev–Trinajstić information content (AvgIpc) is 2.69. The molecule has 2 atom stereocenters. The molecule has 0 aromatic carbocycles. The van der Waals surface area contributed by atoms with Crippen molar-refractivity contribution >= 4 is 23.5 Å². The molecule has 0 unspecified atom stereocenters. The minimum absolute atomic E-state index is 0.308. The summed E-state index contributed by atoms with van der Waals surface area (Å²) in [6.45, 7) is 5.84. The van der Waals surface area contributed by atoms with Crippen LogP contribution in [0.3, 0.4) is 0 Å². The summed E-state index contributed by atoms with van der Waals surface area (Å²) in [6, 6.07) is 0. The zero-order valence-corrected chi connectivity index (χ0v) is 18.3. The lowest BCUT2D eigenvalue weighted by Gasteiger charge is -2.12. The van der Waals surface area contributed by atoms with Crippen LogP contribution in [0.4, 0.5) is 0 Å². The van der Waals surface area contributed by atoms with E-state index in [2.05, 4.69) is 0 Å². The molecule has 0 spiro atoms. The molecule has 0 aliphatic carbocycles. The van der Waals surface area contributed by atoms with E-state index in [-0.39, 0.29) is 0 Å². The van der Waals surface area contributed by atoms with Gasteiger partial charge in [0.15, 0.2) is 0 Å². The maximum absolute atomic E-state index is 9.84. The van der Waals surface area contributed by atoms with Gasteiger partial charge in [0.1, 0.15) is 0 Å². The molecule has 0 radical (unpaired) electrons. The smallest absolute Gasteiger partial charge is 0.0863 e. The van der Waals surface area contributed by atoms with Crippen LogP contribution >= 0.6 is 23.5 Å². The fourth-order valence-electron chi connectivity index (χ4n) is 2.09. The van der Waals surface area contributed by atoms with Crippen molar-refractivity contribution in [3.05, 3.63) is 0 Å². The highest BCUT2D eigenvalue weighted by Crippen LogP contribution is 2.05. The Balaban J connectivity index is 2.12. The number of hydrogen-bond donors (Lipinski definition) is 2. The number of rotatable bonds is 0. The number of ether oxygens (including phenoxy) is 6. The van der Waals surface area contributed by atoms with Crippen molar-refractivity contribution in [2.24, 2.45) is 0 Å². The van der Waals surface area contributed by atoms with Crippen LogP contribution < -0.4 is 0 Å². The van der Waals surface area contributed by atoms with Crippen LogP contribution in [-0.4, -0.2) is 125 Å². The third-order valence-corrected chi connectivity index (χ3v) is 5.62. The minimum Gasteiger partial charge on any atom is -0.390 e. The molecule has 0 bridgehead atoms. The third kappa shape index (κ3) is 18.4. The van der Waals surface area contributed by atoms with Crippen molar-refractivity contribution in [2.45, 2.75) is 12.2 Å². The lowest BCUT2D eigenvalue weighted by molar-refractivity contribution is -0.0203. The maximum atomic E-state index is 9.84. The molecule has 1 rings (SSSR count). The van der Waals surface area contributed by atoms with Gasteiger partial charge in [0.25, 0.3) is 0 Å². The van der Waals surface area contributed by atoms with Crippen molar-refractivity contribution in [3.63, 3.8) is 0 Å². The Morgan fingerprint density at radius 1 is 0.464 bits per heavy atom. The van der Waals surface area contributed by atoms with Crippen molar-refractivity contribution in [1.82, 2.24) is 0 Å². The summed E-state index contributed by atoms with van der Waals surface area (Å²) < 4.78 is 32.6. The van der Waals surface area contributed by atoms with Crippen molar-refractivity contribution in [1.29, 1.82) is 0 Å². The first-order valence-corrected chi connectivity index (χ1v) is 12.1. The van der Waals surface area contributed by atoms with Gasteiger partial charge in [0.05, 0.1) is 91.5 Å². The van der Waals surface area contributed by atoms with Gasteiger partial charge in [-0.25, -0.2) is 0 Å².